The van der Waals surface area contributed by atoms with Gasteiger partial charge in [-0.15, -0.1) is 0 Å². The Hall–Kier alpha value is -4.11. The van der Waals surface area contributed by atoms with Crippen LogP contribution < -0.4 is 21.3 Å². The van der Waals surface area contributed by atoms with E-state index in [9.17, 15) is 40.3 Å². The average Bonchev–Trinajstić information content (AvgIpc) is 2.99. The second-order valence-corrected chi connectivity index (χ2v) is 10.9. The fourth-order valence-electron chi connectivity index (χ4n) is 4.07. The molecule has 0 saturated heterocycles. The first-order valence-corrected chi connectivity index (χ1v) is 14.7. The van der Waals surface area contributed by atoms with Gasteiger partial charge >= 0.3 is 18.0 Å². The summed E-state index contributed by atoms with van der Waals surface area (Å²) in [7, 11) is 0. The van der Waals surface area contributed by atoms with Crippen LogP contribution in [0.1, 0.15) is 19.8 Å². The topological polar surface area (TPSA) is 108 Å². The maximum atomic E-state index is 13.2. The molecule has 0 aliphatic rings. The van der Waals surface area contributed by atoms with Gasteiger partial charge in [0.2, 0.25) is 5.91 Å². The predicted molar refractivity (Wildman–Crippen MR) is 167 cm³/mol. The number of alkyl halides is 7. The molecule has 17 heteroatoms. The van der Waals surface area contributed by atoms with Gasteiger partial charge in [-0.05, 0) is 61.4 Å². The minimum absolute atomic E-state index is 0.00371. The SMILES string of the molecule is CC(=O)NCCCNc1ccnc2cc(Cl)ccc12.O=C(NCCCNc1ccnc2cc(Cl)ccc12)C(F)(F)C(F)(F)C(F)(F)F. The molecule has 0 atom stereocenters. The van der Waals surface area contributed by atoms with E-state index in [2.05, 4.69) is 25.9 Å². The van der Waals surface area contributed by atoms with Gasteiger partial charge in [0, 0.05) is 77.7 Å². The van der Waals surface area contributed by atoms with Crippen LogP contribution in [0, 0.1) is 0 Å². The number of pyridine rings is 2. The summed E-state index contributed by atoms with van der Waals surface area (Å²) in [6.45, 7) is 2.57. The van der Waals surface area contributed by atoms with Crippen molar-refractivity contribution in [1.29, 1.82) is 0 Å². The molecule has 2 aromatic carbocycles. The largest absolute Gasteiger partial charge is 0.460 e. The van der Waals surface area contributed by atoms with Gasteiger partial charge < -0.3 is 21.3 Å². The molecule has 0 spiro atoms. The van der Waals surface area contributed by atoms with E-state index in [1.807, 2.05) is 24.3 Å². The molecule has 2 heterocycles. The minimum atomic E-state index is -6.55. The van der Waals surface area contributed by atoms with Crippen LogP contribution in [-0.2, 0) is 9.59 Å². The van der Waals surface area contributed by atoms with Crippen LogP contribution in [0.15, 0.2) is 60.9 Å². The molecule has 254 valence electrons. The van der Waals surface area contributed by atoms with Gasteiger partial charge in [0.05, 0.1) is 11.0 Å². The molecule has 0 aliphatic carbocycles. The number of nitrogens with one attached hydrogen (secondary N) is 4. The first kappa shape index (κ1) is 37.3. The molecule has 0 fully saturated rings. The molecule has 0 unspecified atom stereocenters. The van der Waals surface area contributed by atoms with Gasteiger partial charge in [-0.3, -0.25) is 19.6 Å². The summed E-state index contributed by atoms with van der Waals surface area (Å²) >= 11 is 11.8. The van der Waals surface area contributed by atoms with Gasteiger partial charge in [0.15, 0.2) is 0 Å². The van der Waals surface area contributed by atoms with E-state index in [-0.39, 0.29) is 18.9 Å². The zero-order chi connectivity index (χ0) is 34.8. The van der Waals surface area contributed by atoms with Crippen molar-refractivity contribution >= 4 is 68.2 Å². The van der Waals surface area contributed by atoms with E-state index in [0.717, 1.165) is 29.6 Å². The Morgan fingerprint density at radius 1 is 0.681 bits per heavy atom. The van der Waals surface area contributed by atoms with Crippen molar-refractivity contribution in [3.63, 3.8) is 0 Å². The lowest BCUT2D eigenvalue weighted by molar-refractivity contribution is -0.344. The maximum Gasteiger partial charge on any atom is 0.460 e. The third-order valence-corrected chi connectivity index (χ3v) is 6.91. The molecule has 0 bridgehead atoms. The summed E-state index contributed by atoms with van der Waals surface area (Å²) in [6, 6.07) is 14.1. The molecule has 8 nitrogen and oxygen atoms in total. The Kier molecular flexibility index (Phi) is 12.8. The predicted octanol–water partition coefficient (Wildman–Crippen LogP) is 7.47. The Morgan fingerprint density at radius 2 is 1.13 bits per heavy atom. The Labute approximate surface area is 274 Å². The summed E-state index contributed by atoms with van der Waals surface area (Å²) in [5, 5.41) is 13.3. The van der Waals surface area contributed by atoms with Crippen LogP contribution in [0.25, 0.3) is 21.8 Å². The smallest absolute Gasteiger partial charge is 0.384 e. The van der Waals surface area contributed by atoms with Crippen molar-refractivity contribution < 1.29 is 40.3 Å². The molecule has 47 heavy (non-hydrogen) atoms. The molecule has 4 rings (SSSR count). The number of rotatable bonds is 12. The second kappa shape index (κ2) is 16.1. The first-order valence-electron chi connectivity index (χ1n) is 14.0. The molecule has 4 N–H and O–H groups in total. The highest BCUT2D eigenvalue weighted by Crippen LogP contribution is 2.46. The minimum Gasteiger partial charge on any atom is -0.384 e. The highest BCUT2D eigenvalue weighted by atomic mass is 35.5. The Balaban J connectivity index is 0.000000274. The quantitative estimate of drug-likeness (QED) is 0.0899. The number of carbonyl (C=O) groups excluding carboxylic acids is 2. The molecule has 0 aliphatic heterocycles. The molecular formula is C30H29Cl2F7N6O2. The standard InChI is InChI=1S/C16H13ClF7N3O.C14H16ClN3O/c17-9-2-3-10-11(4-7-26-12(10)8-9)25-5-1-6-27-13(28)14(18,19)15(20,21)16(22,23)24;1-10(19)16-6-2-7-17-13-5-8-18-14-9-11(15)3-4-12(13)14/h2-4,7-8H,1,5-6H2,(H,25,26)(H,27,28);3-5,8-9H,2,6-7H2,1H3,(H,16,19)(H,17,18). The van der Waals surface area contributed by atoms with Crippen LogP contribution in [0.4, 0.5) is 42.1 Å². The highest BCUT2D eigenvalue weighted by Gasteiger charge is 2.76. The Bertz CT molecular complexity index is 1690. The van der Waals surface area contributed by atoms with Gasteiger partial charge in [-0.1, -0.05) is 23.2 Å². The van der Waals surface area contributed by atoms with Crippen molar-refractivity contribution in [2.75, 3.05) is 36.8 Å². The molecular weight excluding hydrogens is 680 g/mol. The normalized spacial score (nSPS) is 11.9. The number of nitrogens with zero attached hydrogens (tertiary/aromatic N) is 2. The highest BCUT2D eigenvalue weighted by molar-refractivity contribution is 6.31. The fraction of sp³-hybridized carbons (Fsp3) is 0.333. The van der Waals surface area contributed by atoms with Crippen LogP contribution in [0.5, 0.6) is 0 Å². The lowest BCUT2D eigenvalue weighted by Crippen LogP contribution is -2.59. The van der Waals surface area contributed by atoms with Crippen molar-refractivity contribution in [3.05, 3.63) is 71.0 Å². The molecule has 0 saturated carbocycles. The van der Waals surface area contributed by atoms with E-state index >= 15 is 0 Å². The molecule has 0 radical (unpaired) electrons. The number of hydrogen-bond acceptors (Lipinski definition) is 6. The fourth-order valence-corrected chi connectivity index (χ4v) is 4.40. The van der Waals surface area contributed by atoms with E-state index < -0.39 is 30.5 Å². The summed E-state index contributed by atoms with van der Waals surface area (Å²) < 4.78 is 88.0. The lowest BCUT2D eigenvalue weighted by atomic mass is 10.1. The van der Waals surface area contributed by atoms with Crippen LogP contribution in [0.3, 0.4) is 0 Å². The monoisotopic (exact) mass is 708 g/mol. The summed E-state index contributed by atoms with van der Waals surface area (Å²) in [5.74, 6) is -15.1. The molecule has 4 aromatic rings. The van der Waals surface area contributed by atoms with E-state index in [1.165, 1.54) is 18.4 Å². The summed E-state index contributed by atoms with van der Waals surface area (Å²) in [5.41, 5.74) is 3.10. The number of halogens is 9. The van der Waals surface area contributed by atoms with Crippen molar-refractivity contribution in [2.45, 2.75) is 37.8 Å². The molecule has 2 aromatic heterocycles. The number of benzene rings is 2. The van der Waals surface area contributed by atoms with Gasteiger partial charge in [-0.25, -0.2) is 0 Å². The average molecular weight is 709 g/mol. The number of anilines is 2. The third-order valence-electron chi connectivity index (χ3n) is 6.44. The van der Waals surface area contributed by atoms with Crippen LogP contribution in [-0.4, -0.2) is 66.0 Å². The van der Waals surface area contributed by atoms with E-state index in [4.69, 9.17) is 23.2 Å². The van der Waals surface area contributed by atoms with Crippen molar-refractivity contribution in [2.24, 2.45) is 0 Å². The van der Waals surface area contributed by atoms with Gasteiger partial charge in [-0.2, -0.15) is 30.7 Å². The third kappa shape index (κ3) is 9.94. The number of amides is 2. The number of hydrogen-bond donors (Lipinski definition) is 4. The van der Waals surface area contributed by atoms with Crippen LogP contribution >= 0.6 is 23.2 Å². The number of fused-ring (bicyclic) bond motifs is 2. The Morgan fingerprint density at radius 3 is 1.55 bits per heavy atom. The second-order valence-electron chi connectivity index (χ2n) is 9.99. The first-order chi connectivity index (χ1) is 22.0. The zero-order valence-electron chi connectivity index (χ0n) is 24.6. The number of aromatic nitrogens is 2. The zero-order valence-corrected chi connectivity index (χ0v) is 26.1. The molecule has 2 amide bonds. The van der Waals surface area contributed by atoms with E-state index in [0.29, 0.717) is 33.2 Å². The number of carbonyl (C=O) groups is 2. The van der Waals surface area contributed by atoms with Crippen molar-refractivity contribution in [1.82, 2.24) is 20.6 Å². The van der Waals surface area contributed by atoms with Gasteiger partial charge in [0.1, 0.15) is 0 Å². The van der Waals surface area contributed by atoms with Gasteiger partial charge in [0.25, 0.3) is 5.91 Å². The summed E-state index contributed by atoms with van der Waals surface area (Å²) in [4.78, 5) is 30.2. The maximum absolute atomic E-state index is 13.2. The van der Waals surface area contributed by atoms with Crippen molar-refractivity contribution in [3.8, 4) is 0 Å². The lowest BCUT2D eigenvalue weighted by Gasteiger charge is -2.27. The van der Waals surface area contributed by atoms with Crippen LogP contribution in [0.2, 0.25) is 10.0 Å². The van der Waals surface area contributed by atoms with E-state index in [1.54, 1.807) is 30.5 Å². The summed E-state index contributed by atoms with van der Waals surface area (Å²) in [6.07, 6.45) is -2.45.